The minimum absolute atomic E-state index is 0.0636. The molecule has 20 heavy (non-hydrogen) atoms. The molecule has 0 saturated heterocycles. The smallest absolute Gasteiger partial charge is 0.242 e. The van der Waals surface area contributed by atoms with Crippen LogP contribution in [0.1, 0.15) is 12.7 Å². The SMILES string of the molecule is CC(C(=O)NCc1ccco1)N(C)c1cccc(N)c1. The molecule has 0 radical (unpaired) electrons. The number of carbonyl (C=O) groups is 1. The van der Waals surface area contributed by atoms with Gasteiger partial charge in [0.1, 0.15) is 11.8 Å². The van der Waals surface area contributed by atoms with E-state index in [-0.39, 0.29) is 11.9 Å². The molecule has 1 unspecified atom stereocenters. The molecule has 0 aliphatic carbocycles. The average molecular weight is 273 g/mol. The van der Waals surface area contributed by atoms with Gasteiger partial charge in [-0.3, -0.25) is 4.79 Å². The van der Waals surface area contributed by atoms with Crippen molar-refractivity contribution < 1.29 is 9.21 Å². The van der Waals surface area contributed by atoms with E-state index >= 15 is 0 Å². The second-order valence-corrected chi connectivity index (χ2v) is 4.68. The van der Waals surface area contributed by atoms with Crippen LogP contribution in [0, 0.1) is 0 Å². The van der Waals surface area contributed by atoms with Crippen molar-refractivity contribution in [3.8, 4) is 0 Å². The van der Waals surface area contributed by atoms with E-state index in [0.717, 1.165) is 11.4 Å². The zero-order valence-electron chi connectivity index (χ0n) is 11.7. The van der Waals surface area contributed by atoms with Crippen LogP contribution in [0.2, 0.25) is 0 Å². The lowest BCUT2D eigenvalue weighted by molar-refractivity contribution is -0.122. The third-order valence-corrected chi connectivity index (χ3v) is 3.25. The van der Waals surface area contributed by atoms with E-state index in [0.29, 0.717) is 12.2 Å². The van der Waals surface area contributed by atoms with E-state index in [1.807, 2.05) is 49.2 Å². The topological polar surface area (TPSA) is 71.5 Å². The number of nitrogens with zero attached hydrogens (tertiary/aromatic N) is 1. The summed E-state index contributed by atoms with van der Waals surface area (Å²) in [6.45, 7) is 2.24. The molecule has 0 aliphatic heterocycles. The molecule has 106 valence electrons. The molecule has 0 fully saturated rings. The zero-order chi connectivity index (χ0) is 14.5. The van der Waals surface area contributed by atoms with Crippen molar-refractivity contribution in [3.05, 3.63) is 48.4 Å². The minimum Gasteiger partial charge on any atom is -0.467 e. The standard InChI is InChI=1S/C15H19N3O2/c1-11(15(19)17-10-14-7-4-8-20-14)18(2)13-6-3-5-12(16)9-13/h3-9,11H,10,16H2,1-2H3,(H,17,19). The fraction of sp³-hybridized carbons (Fsp3) is 0.267. The number of anilines is 2. The Hall–Kier alpha value is -2.43. The predicted octanol–water partition coefficient (Wildman–Crippen LogP) is 2.00. The Labute approximate surface area is 118 Å². The first-order valence-electron chi connectivity index (χ1n) is 6.46. The Balaban J connectivity index is 1.95. The minimum atomic E-state index is -0.299. The van der Waals surface area contributed by atoms with Crippen LogP contribution in [-0.4, -0.2) is 19.0 Å². The molecule has 5 nitrogen and oxygen atoms in total. The summed E-state index contributed by atoms with van der Waals surface area (Å²) in [6.07, 6.45) is 1.59. The quantitative estimate of drug-likeness (QED) is 0.817. The van der Waals surface area contributed by atoms with Crippen LogP contribution in [-0.2, 0) is 11.3 Å². The Morgan fingerprint density at radius 2 is 2.20 bits per heavy atom. The van der Waals surface area contributed by atoms with Crippen molar-refractivity contribution in [2.24, 2.45) is 0 Å². The number of nitrogens with one attached hydrogen (secondary N) is 1. The first-order valence-corrected chi connectivity index (χ1v) is 6.46. The lowest BCUT2D eigenvalue weighted by Crippen LogP contribution is -2.43. The Bertz CT molecular complexity index is 566. The number of nitrogens with two attached hydrogens (primary N) is 1. The van der Waals surface area contributed by atoms with Crippen molar-refractivity contribution in [3.63, 3.8) is 0 Å². The number of rotatable bonds is 5. The summed E-state index contributed by atoms with van der Waals surface area (Å²) in [5.41, 5.74) is 7.34. The van der Waals surface area contributed by atoms with Gasteiger partial charge >= 0.3 is 0 Å². The van der Waals surface area contributed by atoms with E-state index in [1.54, 1.807) is 12.3 Å². The fourth-order valence-electron chi connectivity index (χ4n) is 1.88. The maximum atomic E-state index is 12.1. The average Bonchev–Trinajstić information content (AvgIpc) is 2.96. The number of amides is 1. The molecule has 1 amide bonds. The third-order valence-electron chi connectivity index (χ3n) is 3.25. The first-order chi connectivity index (χ1) is 9.58. The second kappa shape index (κ2) is 6.14. The summed E-state index contributed by atoms with van der Waals surface area (Å²) < 4.78 is 5.18. The number of furan rings is 1. The maximum Gasteiger partial charge on any atom is 0.242 e. The fourth-order valence-corrected chi connectivity index (χ4v) is 1.88. The van der Waals surface area contributed by atoms with Crippen LogP contribution in [0.3, 0.4) is 0 Å². The number of hydrogen-bond donors (Lipinski definition) is 2. The van der Waals surface area contributed by atoms with Gasteiger partial charge in [0.25, 0.3) is 0 Å². The third kappa shape index (κ3) is 3.32. The van der Waals surface area contributed by atoms with Crippen LogP contribution in [0.25, 0.3) is 0 Å². The van der Waals surface area contributed by atoms with Crippen molar-refractivity contribution >= 4 is 17.3 Å². The predicted molar refractivity (Wildman–Crippen MR) is 79.3 cm³/mol. The van der Waals surface area contributed by atoms with Gasteiger partial charge in [0.15, 0.2) is 0 Å². The van der Waals surface area contributed by atoms with Crippen LogP contribution in [0.4, 0.5) is 11.4 Å². The molecule has 1 heterocycles. The lowest BCUT2D eigenvalue weighted by atomic mass is 10.2. The van der Waals surface area contributed by atoms with Gasteiger partial charge in [-0.15, -0.1) is 0 Å². The largest absolute Gasteiger partial charge is 0.467 e. The summed E-state index contributed by atoms with van der Waals surface area (Å²) in [5.74, 6) is 0.670. The van der Waals surface area contributed by atoms with E-state index in [2.05, 4.69) is 5.32 Å². The number of benzene rings is 1. The van der Waals surface area contributed by atoms with E-state index in [4.69, 9.17) is 10.2 Å². The van der Waals surface area contributed by atoms with Crippen molar-refractivity contribution in [1.29, 1.82) is 0 Å². The normalized spacial score (nSPS) is 11.9. The molecule has 1 aromatic carbocycles. The van der Waals surface area contributed by atoms with Crippen molar-refractivity contribution in [1.82, 2.24) is 5.32 Å². The molecule has 0 spiro atoms. The Kier molecular flexibility index (Phi) is 4.30. The van der Waals surface area contributed by atoms with E-state index < -0.39 is 0 Å². The van der Waals surface area contributed by atoms with E-state index in [1.165, 1.54) is 0 Å². The van der Waals surface area contributed by atoms with Crippen LogP contribution in [0.15, 0.2) is 47.1 Å². The highest BCUT2D eigenvalue weighted by molar-refractivity contribution is 5.84. The van der Waals surface area contributed by atoms with Gasteiger partial charge in [-0.2, -0.15) is 0 Å². The molecular weight excluding hydrogens is 254 g/mol. The lowest BCUT2D eigenvalue weighted by Gasteiger charge is -2.26. The summed E-state index contributed by atoms with van der Waals surface area (Å²) in [4.78, 5) is 14.0. The van der Waals surface area contributed by atoms with Gasteiger partial charge in [0.2, 0.25) is 5.91 Å². The van der Waals surface area contributed by atoms with Gasteiger partial charge in [-0.05, 0) is 37.3 Å². The number of nitrogen functional groups attached to an aromatic ring is 1. The number of likely N-dealkylation sites (N-methyl/N-ethyl adjacent to an activating group) is 1. The zero-order valence-corrected chi connectivity index (χ0v) is 11.7. The monoisotopic (exact) mass is 273 g/mol. The van der Waals surface area contributed by atoms with Gasteiger partial charge in [0.05, 0.1) is 12.8 Å². The van der Waals surface area contributed by atoms with Gasteiger partial charge in [-0.1, -0.05) is 6.07 Å². The molecule has 5 heteroatoms. The highest BCUT2D eigenvalue weighted by atomic mass is 16.3. The summed E-state index contributed by atoms with van der Waals surface area (Å²) in [7, 11) is 1.87. The second-order valence-electron chi connectivity index (χ2n) is 4.68. The molecule has 2 rings (SSSR count). The van der Waals surface area contributed by atoms with Crippen LogP contribution in [0.5, 0.6) is 0 Å². The van der Waals surface area contributed by atoms with Gasteiger partial charge in [-0.25, -0.2) is 0 Å². The molecule has 1 aromatic heterocycles. The van der Waals surface area contributed by atoms with Gasteiger partial charge < -0.3 is 20.4 Å². The molecule has 2 aromatic rings. The molecule has 0 saturated carbocycles. The highest BCUT2D eigenvalue weighted by Gasteiger charge is 2.18. The molecule has 0 bridgehead atoms. The summed E-state index contributed by atoms with van der Waals surface area (Å²) >= 11 is 0. The first kappa shape index (κ1) is 14.0. The maximum absolute atomic E-state index is 12.1. The highest BCUT2D eigenvalue weighted by Crippen LogP contribution is 2.18. The Morgan fingerprint density at radius 1 is 1.40 bits per heavy atom. The molecule has 1 atom stereocenters. The number of hydrogen-bond acceptors (Lipinski definition) is 4. The summed E-state index contributed by atoms with van der Waals surface area (Å²) in [6, 6.07) is 10.8. The van der Waals surface area contributed by atoms with E-state index in [9.17, 15) is 4.79 Å². The van der Waals surface area contributed by atoms with Crippen molar-refractivity contribution in [2.45, 2.75) is 19.5 Å². The van der Waals surface area contributed by atoms with Crippen LogP contribution >= 0.6 is 0 Å². The van der Waals surface area contributed by atoms with Crippen LogP contribution < -0.4 is 16.0 Å². The molecule has 3 N–H and O–H groups in total. The van der Waals surface area contributed by atoms with Gasteiger partial charge in [0, 0.05) is 18.4 Å². The number of carbonyl (C=O) groups excluding carboxylic acids is 1. The van der Waals surface area contributed by atoms with Crippen molar-refractivity contribution in [2.75, 3.05) is 17.7 Å². The summed E-state index contributed by atoms with van der Waals surface area (Å²) in [5, 5.41) is 2.84. The molecular formula is C15H19N3O2. The Morgan fingerprint density at radius 3 is 2.85 bits per heavy atom. The molecule has 0 aliphatic rings.